The van der Waals surface area contributed by atoms with Crippen molar-refractivity contribution in [2.75, 3.05) is 19.6 Å². The normalized spacial score (nSPS) is 28.3. The van der Waals surface area contributed by atoms with Crippen molar-refractivity contribution in [3.05, 3.63) is 17.0 Å². The van der Waals surface area contributed by atoms with E-state index in [9.17, 15) is 4.79 Å². The lowest BCUT2D eigenvalue weighted by Crippen LogP contribution is -2.58. The highest BCUT2D eigenvalue weighted by atomic mass is 16.5. The molecule has 0 aliphatic carbocycles. The molecule has 1 fully saturated rings. The molecule has 0 spiro atoms. The molecule has 0 aromatic carbocycles. The van der Waals surface area contributed by atoms with E-state index in [2.05, 4.69) is 29.4 Å². The first-order valence-corrected chi connectivity index (χ1v) is 7.64. The molecule has 2 atom stereocenters. The summed E-state index contributed by atoms with van der Waals surface area (Å²) in [5.41, 5.74) is 2.51. The number of hydrogen-bond acceptors (Lipinski definition) is 4. The molecule has 0 saturated carbocycles. The van der Waals surface area contributed by atoms with Gasteiger partial charge < -0.3 is 15.0 Å². The number of carbonyl (C=O) groups excluding carboxylic acids is 1. The molecule has 1 aromatic heterocycles. The van der Waals surface area contributed by atoms with Crippen LogP contribution in [0.1, 0.15) is 55.5 Å². The lowest BCUT2D eigenvalue weighted by Gasteiger charge is -2.39. The van der Waals surface area contributed by atoms with Crippen molar-refractivity contribution in [1.29, 1.82) is 0 Å². The van der Waals surface area contributed by atoms with Crippen molar-refractivity contribution in [2.24, 2.45) is 0 Å². The number of ether oxygens (including phenoxy) is 1. The van der Waals surface area contributed by atoms with Crippen LogP contribution in [0.3, 0.4) is 0 Å². The van der Waals surface area contributed by atoms with Gasteiger partial charge in [0.15, 0.2) is 5.69 Å². The zero-order valence-corrected chi connectivity index (χ0v) is 13.2. The van der Waals surface area contributed by atoms with Crippen LogP contribution in [0.2, 0.25) is 0 Å². The molecule has 3 heterocycles. The van der Waals surface area contributed by atoms with Gasteiger partial charge in [0.05, 0.1) is 17.9 Å². The summed E-state index contributed by atoms with van der Waals surface area (Å²) in [6, 6.07) is 0. The van der Waals surface area contributed by atoms with Crippen LogP contribution in [-0.4, -0.2) is 52.3 Å². The Bertz CT molecular complexity index is 552. The fourth-order valence-corrected chi connectivity index (χ4v) is 3.31. The number of nitrogens with zero attached hydrogens (tertiary/aromatic N) is 2. The Morgan fingerprint density at radius 3 is 2.90 bits per heavy atom. The minimum atomic E-state index is -0.0476. The topological polar surface area (TPSA) is 70.2 Å². The minimum absolute atomic E-state index is 0.0303. The summed E-state index contributed by atoms with van der Waals surface area (Å²) < 4.78 is 5.78. The van der Waals surface area contributed by atoms with Gasteiger partial charge in [-0.3, -0.25) is 9.89 Å². The fraction of sp³-hybridized carbons (Fsp3) is 0.733. The predicted octanol–water partition coefficient (Wildman–Crippen LogP) is 1.26. The number of rotatable bonds is 1. The quantitative estimate of drug-likeness (QED) is 0.817. The summed E-state index contributed by atoms with van der Waals surface area (Å²) in [7, 11) is 0. The zero-order chi connectivity index (χ0) is 15.2. The first-order valence-electron chi connectivity index (χ1n) is 7.64. The highest BCUT2D eigenvalue weighted by Gasteiger charge is 2.34. The second-order valence-corrected chi connectivity index (χ2v) is 6.79. The number of hydrogen-bond donors (Lipinski definition) is 2. The molecule has 2 aliphatic rings. The van der Waals surface area contributed by atoms with E-state index in [1.54, 1.807) is 0 Å². The van der Waals surface area contributed by atoms with E-state index in [0.717, 1.165) is 30.8 Å². The van der Waals surface area contributed by atoms with E-state index in [1.807, 2.05) is 18.7 Å². The van der Waals surface area contributed by atoms with Crippen LogP contribution in [0.4, 0.5) is 0 Å². The number of carbonyl (C=O) groups is 1. The lowest BCUT2D eigenvalue weighted by atomic mass is 9.98. The number of H-pyrrole nitrogens is 1. The van der Waals surface area contributed by atoms with E-state index in [0.29, 0.717) is 12.2 Å². The third-order valence-corrected chi connectivity index (χ3v) is 4.29. The highest BCUT2D eigenvalue weighted by Crippen LogP contribution is 2.30. The molecule has 3 rings (SSSR count). The average molecular weight is 292 g/mol. The first kappa shape index (κ1) is 14.5. The molecule has 1 amide bonds. The number of nitrogens with one attached hydrogen (secondary N) is 2. The molecule has 0 radical (unpaired) electrons. The summed E-state index contributed by atoms with van der Waals surface area (Å²) in [6.07, 6.45) is 0.834. The third-order valence-electron chi connectivity index (χ3n) is 4.29. The van der Waals surface area contributed by atoms with Crippen molar-refractivity contribution in [1.82, 2.24) is 20.4 Å². The maximum absolute atomic E-state index is 12.8. The van der Waals surface area contributed by atoms with Gasteiger partial charge >= 0.3 is 0 Å². The van der Waals surface area contributed by atoms with Gasteiger partial charge in [-0.1, -0.05) is 0 Å². The largest absolute Gasteiger partial charge is 0.369 e. The SMILES string of the molecule is C[C@@H]1Cc2c(C(=O)N3CCNC(C)(C)C3)n[nH]c2[C@H](C)O1. The van der Waals surface area contributed by atoms with Gasteiger partial charge in [0, 0.05) is 37.2 Å². The molecule has 0 unspecified atom stereocenters. The van der Waals surface area contributed by atoms with Gasteiger partial charge in [0.25, 0.3) is 5.91 Å². The second kappa shape index (κ2) is 5.10. The Morgan fingerprint density at radius 2 is 2.19 bits per heavy atom. The minimum Gasteiger partial charge on any atom is -0.369 e. The van der Waals surface area contributed by atoms with Crippen molar-refractivity contribution in [3.8, 4) is 0 Å². The van der Waals surface area contributed by atoms with Crippen molar-refractivity contribution < 1.29 is 9.53 Å². The first-order chi connectivity index (χ1) is 9.87. The number of aromatic amines is 1. The fourth-order valence-electron chi connectivity index (χ4n) is 3.31. The van der Waals surface area contributed by atoms with E-state index in [1.165, 1.54) is 0 Å². The molecular formula is C15H24N4O2. The monoisotopic (exact) mass is 292 g/mol. The molecule has 0 bridgehead atoms. The Balaban J connectivity index is 1.86. The van der Waals surface area contributed by atoms with Gasteiger partial charge in [-0.05, 0) is 27.7 Å². The summed E-state index contributed by atoms with van der Waals surface area (Å²) in [5.74, 6) is 0.0309. The standard InChI is InChI=1S/C15H24N4O2/c1-9-7-11-12(10(2)21-9)17-18-13(11)14(20)19-6-5-16-15(3,4)8-19/h9-10,16H,5-8H2,1-4H3,(H,17,18)/t9-,10+/m1/s1. The number of piperazine rings is 1. The van der Waals surface area contributed by atoms with E-state index in [-0.39, 0.29) is 23.7 Å². The van der Waals surface area contributed by atoms with Crippen LogP contribution >= 0.6 is 0 Å². The van der Waals surface area contributed by atoms with Crippen LogP contribution in [0.25, 0.3) is 0 Å². The van der Waals surface area contributed by atoms with Gasteiger partial charge in [0.1, 0.15) is 0 Å². The molecular weight excluding hydrogens is 268 g/mol. The van der Waals surface area contributed by atoms with Crippen LogP contribution in [-0.2, 0) is 11.2 Å². The van der Waals surface area contributed by atoms with Crippen molar-refractivity contribution >= 4 is 5.91 Å². The Kier molecular flexibility index (Phi) is 3.53. The van der Waals surface area contributed by atoms with Crippen LogP contribution in [0.5, 0.6) is 0 Å². The molecule has 116 valence electrons. The van der Waals surface area contributed by atoms with Crippen LogP contribution in [0.15, 0.2) is 0 Å². The van der Waals surface area contributed by atoms with Crippen molar-refractivity contribution in [3.63, 3.8) is 0 Å². The van der Waals surface area contributed by atoms with E-state index >= 15 is 0 Å². The molecule has 2 N–H and O–H groups in total. The molecule has 6 heteroatoms. The Hall–Kier alpha value is -1.40. The molecule has 21 heavy (non-hydrogen) atoms. The summed E-state index contributed by atoms with van der Waals surface area (Å²) >= 11 is 0. The third kappa shape index (κ3) is 2.70. The predicted molar refractivity (Wildman–Crippen MR) is 79.2 cm³/mol. The highest BCUT2D eigenvalue weighted by molar-refractivity contribution is 5.94. The summed E-state index contributed by atoms with van der Waals surface area (Å²) in [6.45, 7) is 10.5. The van der Waals surface area contributed by atoms with E-state index in [4.69, 9.17) is 4.74 Å². The molecule has 6 nitrogen and oxygen atoms in total. The summed E-state index contributed by atoms with van der Waals surface area (Å²) in [4.78, 5) is 14.7. The van der Waals surface area contributed by atoms with Gasteiger partial charge in [0.2, 0.25) is 0 Å². The molecule has 1 saturated heterocycles. The Labute approximate surface area is 125 Å². The van der Waals surface area contributed by atoms with E-state index < -0.39 is 0 Å². The number of amides is 1. The maximum atomic E-state index is 12.8. The van der Waals surface area contributed by atoms with Gasteiger partial charge in [-0.2, -0.15) is 5.10 Å². The average Bonchev–Trinajstić information content (AvgIpc) is 2.80. The van der Waals surface area contributed by atoms with Crippen LogP contribution < -0.4 is 5.32 Å². The second-order valence-electron chi connectivity index (χ2n) is 6.79. The smallest absolute Gasteiger partial charge is 0.274 e. The van der Waals surface area contributed by atoms with Gasteiger partial charge in [-0.25, -0.2) is 0 Å². The lowest BCUT2D eigenvalue weighted by molar-refractivity contribution is -0.00704. The maximum Gasteiger partial charge on any atom is 0.274 e. The van der Waals surface area contributed by atoms with Crippen LogP contribution in [0, 0.1) is 0 Å². The molecule has 2 aliphatic heterocycles. The zero-order valence-electron chi connectivity index (χ0n) is 13.2. The Morgan fingerprint density at radius 1 is 1.43 bits per heavy atom. The van der Waals surface area contributed by atoms with Gasteiger partial charge in [-0.15, -0.1) is 0 Å². The van der Waals surface area contributed by atoms with Crippen molar-refractivity contribution in [2.45, 2.75) is 51.9 Å². The summed E-state index contributed by atoms with van der Waals surface area (Å²) in [5, 5.41) is 10.7. The molecule has 1 aromatic rings. The number of aromatic nitrogens is 2. The number of fused-ring (bicyclic) bond motifs is 1.